The molecule has 1 rings (SSSR count). The van der Waals surface area contributed by atoms with Crippen LogP contribution in [-0.4, -0.2) is 40.5 Å². The lowest BCUT2D eigenvalue weighted by atomic mass is 9.93. The topological polar surface area (TPSA) is 49.4 Å². The van der Waals surface area contributed by atoms with Crippen molar-refractivity contribution in [1.29, 1.82) is 0 Å². The number of sulfonamides is 1. The molecule has 1 N–H and O–H groups in total. The second-order valence-electron chi connectivity index (χ2n) is 5.78. The number of nitrogens with one attached hydrogen (secondary N) is 1. The van der Waals surface area contributed by atoms with Crippen LogP contribution in [0.15, 0.2) is 23.1 Å². The van der Waals surface area contributed by atoms with Gasteiger partial charge in [0.2, 0.25) is 10.0 Å². The summed E-state index contributed by atoms with van der Waals surface area (Å²) in [6.45, 7) is 4.46. The molecule has 0 aromatic heterocycles. The zero-order valence-electron chi connectivity index (χ0n) is 12.1. The SMILES string of the molecule is CN(C)CC(C)(C)CNS(=O)(=O)c1c(F)cccc1F. The van der Waals surface area contributed by atoms with Crippen molar-refractivity contribution in [2.45, 2.75) is 18.7 Å². The van der Waals surface area contributed by atoms with Crippen molar-refractivity contribution in [2.24, 2.45) is 5.41 Å². The Morgan fingerprint density at radius 1 is 1.20 bits per heavy atom. The van der Waals surface area contributed by atoms with Gasteiger partial charge < -0.3 is 4.90 Å². The van der Waals surface area contributed by atoms with Gasteiger partial charge in [-0.2, -0.15) is 0 Å². The fourth-order valence-corrected chi connectivity index (χ4v) is 3.39. The van der Waals surface area contributed by atoms with Gasteiger partial charge in [0.05, 0.1) is 0 Å². The van der Waals surface area contributed by atoms with E-state index in [4.69, 9.17) is 0 Å². The van der Waals surface area contributed by atoms with Crippen LogP contribution in [0.5, 0.6) is 0 Å². The van der Waals surface area contributed by atoms with Crippen molar-refractivity contribution in [3.8, 4) is 0 Å². The highest BCUT2D eigenvalue weighted by Crippen LogP contribution is 2.20. The van der Waals surface area contributed by atoms with Crippen molar-refractivity contribution in [3.63, 3.8) is 0 Å². The smallest absolute Gasteiger partial charge is 0.246 e. The van der Waals surface area contributed by atoms with Gasteiger partial charge in [0, 0.05) is 13.1 Å². The van der Waals surface area contributed by atoms with E-state index in [9.17, 15) is 17.2 Å². The van der Waals surface area contributed by atoms with E-state index in [2.05, 4.69) is 4.72 Å². The predicted octanol–water partition coefficient (Wildman–Crippen LogP) is 1.83. The number of benzene rings is 1. The zero-order chi connectivity index (χ0) is 15.6. The molecule has 0 aliphatic carbocycles. The van der Waals surface area contributed by atoms with Crippen molar-refractivity contribution in [1.82, 2.24) is 9.62 Å². The maximum absolute atomic E-state index is 13.5. The van der Waals surface area contributed by atoms with E-state index in [1.807, 2.05) is 32.8 Å². The summed E-state index contributed by atoms with van der Waals surface area (Å²) in [7, 11) is -0.473. The van der Waals surface area contributed by atoms with Crippen molar-refractivity contribution in [3.05, 3.63) is 29.8 Å². The maximum Gasteiger partial charge on any atom is 0.246 e. The van der Waals surface area contributed by atoms with Crippen LogP contribution in [0, 0.1) is 17.0 Å². The molecule has 0 radical (unpaired) electrons. The van der Waals surface area contributed by atoms with Gasteiger partial charge in [-0.25, -0.2) is 21.9 Å². The summed E-state index contributed by atoms with van der Waals surface area (Å²) in [5.74, 6) is -2.19. The molecule has 0 aliphatic heterocycles. The third-order valence-corrected chi connectivity index (χ3v) is 4.12. The molecule has 7 heteroatoms. The Morgan fingerprint density at radius 3 is 2.15 bits per heavy atom. The fourth-order valence-electron chi connectivity index (χ4n) is 2.01. The molecule has 0 spiro atoms. The quantitative estimate of drug-likeness (QED) is 0.872. The Bertz CT molecular complexity index is 551. The van der Waals surface area contributed by atoms with E-state index >= 15 is 0 Å². The predicted molar refractivity (Wildman–Crippen MR) is 73.9 cm³/mol. The van der Waals surface area contributed by atoms with Gasteiger partial charge in [-0.05, 0) is 31.6 Å². The first-order chi connectivity index (χ1) is 9.05. The number of rotatable bonds is 6. The maximum atomic E-state index is 13.5. The lowest BCUT2D eigenvalue weighted by Crippen LogP contribution is -2.40. The normalized spacial score (nSPS) is 12.9. The summed E-state index contributed by atoms with van der Waals surface area (Å²) in [5.41, 5.74) is -0.363. The van der Waals surface area contributed by atoms with Crippen LogP contribution < -0.4 is 4.72 Å². The van der Waals surface area contributed by atoms with E-state index in [1.54, 1.807) is 0 Å². The lowest BCUT2D eigenvalue weighted by Gasteiger charge is -2.28. The molecule has 1 aromatic carbocycles. The third kappa shape index (κ3) is 4.50. The monoisotopic (exact) mass is 306 g/mol. The molecule has 114 valence electrons. The average molecular weight is 306 g/mol. The molecule has 0 fully saturated rings. The van der Waals surface area contributed by atoms with Crippen LogP contribution in [0.1, 0.15) is 13.8 Å². The van der Waals surface area contributed by atoms with Crippen molar-refractivity contribution >= 4 is 10.0 Å². The minimum absolute atomic E-state index is 0.0846. The zero-order valence-corrected chi connectivity index (χ0v) is 12.9. The second kappa shape index (κ2) is 6.15. The van der Waals surface area contributed by atoms with Gasteiger partial charge in [-0.15, -0.1) is 0 Å². The second-order valence-corrected chi connectivity index (χ2v) is 7.48. The summed E-state index contributed by atoms with van der Waals surface area (Å²) in [6.07, 6.45) is 0. The van der Waals surface area contributed by atoms with Gasteiger partial charge in [0.1, 0.15) is 11.6 Å². The highest BCUT2D eigenvalue weighted by atomic mass is 32.2. The van der Waals surface area contributed by atoms with E-state index in [-0.39, 0.29) is 12.0 Å². The van der Waals surface area contributed by atoms with E-state index in [0.29, 0.717) is 6.54 Å². The molecule has 0 saturated carbocycles. The largest absolute Gasteiger partial charge is 0.309 e. The van der Waals surface area contributed by atoms with Crippen molar-refractivity contribution < 1.29 is 17.2 Å². The van der Waals surface area contributed by atoms with Gasteiger partial charge in [0.25, 0.3) is 0 Å². The van der Waals surface area contributed by atoms with Crippen molar-refractivity contribution in [2.75, 3.05) is 27.2 Å². The molecule has 4 nitrogen and oxygen atoms in total. The molecule has 20 heavy (non-hydrogen) atoms. The Balaban J connectivity index is 2.92. The molecule has 1 aromatic rings. The Morgan fingerprint density at radius 2 is 1.70 bits per heavy atom. The van der Waals surface area contributed by atoms with E-state index in [1.165, 1.54) is 0 Å². The minimum Gasteiger partial charge on any atom is -0.309 e. The van der Waals surface area contributed by atoms with Crippen LogP contribution in [0.3, 0.4) is 0 Å². The van der Waals surface area contributed by atoms with Crippen LogP contribution in [-0.2, 0) is 10.0 Å². The minimum atomic E-state index is -4.21. The highest BCUT2D eigenvalue weighted by molar-refractivity contribution is 7.89. The lowest BCUT2D eigenvalue weighted by molar-refractivity contribution is 0.242. The van der Waals surface area contributed by atoms with E-state index < -0.39 is 26.6 Å². The molecule has 0 heterocycles. The van der Waals surface area contributed by atoms with Gasteiger partial charge >= 0.3 is 0 Å². The number of halogens is 2. The molecule has 0 bridgehead atoms. The summed E-state index contributed by atoms with van der Waals surface area (Å²) >= 11 is 0. The molecule has 0 saturated heterocycles. The molecule has 0 unspecified atom stereocenters. The van der Waals surface area contributed by atoms with E-state index in [0.717, 1.165) is 18.2 Å². The van der Waals surface area contributed by atoms with Gasteiger partial charge in [-0.3, -0.25) is 0 Å². The van der Waals surface area contributed by atoms with Crippen LogP contribution in [0.2, 0.25) is 0 Å². The van der Waals surface area contributed by atoms with Gasteiger partial charge in [-0.1, -0.05) is 19.9 Å². The number of nitrogens with zero attached hydrogens (tertiary/aromatic N) is 1. The van der Waals surface area contributed by atoms with Crippen LogP contribution >= 0.6 is 0 Å². The average Bonchev–Trinajstić information content (AvgIpc) is 2.24. The first-order valence-corrected chi connectivity index (χ1v) is 7.62. The Kier molecular flexibility index (Phi) is 5.23. The van der Waals surface area contributed by atoms with Crippen LogP contribution in [0.4, 0.5) is 8.78 Å². The summed E-state index contributed by atoms with van der Waals surface area (Å²) in [4.78, 5) is 0.985. The standard InChI is InChI=1S/C13H20F2N2O2S/c1-13(2,9-17(3)4)8-16-20(18,19)12-10(14)6-5-7-11(12)15/h5-7,16H,8-9H2,1-4H3. The summed E-state index contributed by atoms with van der Waals surface area (Å²) in [5, 5.41) is 0. The first-order valence-electron chi connectivity index (χ1n) is 6.13. The summed E-state index contributed by atoms with van der Waals surface area (Å²) in [6, 6.07) is 2.96. The number of hydrogen-bond acceptors (Lipinski definition) is 3. The summed E-state index contributed by atoms with van der Waals surface area (Å²) < 4.78 is 53.3. The van der Waals surface area contributed by atoms with Crippen LogP contribution in [0.25, 0.3) is 0 Å². The fraction of sp³-hybridized carbons (Fsp3) is 0.538. The Hall–Kier alpha value is -1.05. The first kappa shape index (κ1) is 17.0. The molecule has 0 amide bonds. The molecule has 0 aliphatic rings. The van der Waals surface area contributed by atoms with Gasteiger partial charge in [0.15, 0.2) is 4.90 Å². The third-order valence-electron chi connectivity index (χ3n) is 2.67. The Labute approximate surface area is 118 Å². The highest BCUT2D eigenvalue weighted by Gasteiger charge is 2.27. The molecular formula is C13H20F2N2O2S. The number of hydrogen-bond donors (Lipinski definition) is 1. The molecule has 0 atom stereocenters. The molecular weight excluding hydrogens is 286 g/mol.